The van der Waals surface area contributed by atoms with Crippen LogP contribution in [0.2, 0.25) is 0 Å². The van der Waals surface area contributed by atoms with E-state index in [1.54, 1.807) is 12.1 Å². The fourth-order valence-electron chi connectivity index (χ4n) is 2.07. The van der Waals surface area contributed by atoms with Gasteiger partial charge in [0, 0.05) is 5.22 Å². The van der Waals surface area contributed by atoms with Crippen molar-refractivity contribution in [1.82, 2.24) is 0 Å². The zero-order chi connectivity index (χ0) is 10.4. The summed E-state index contributed by atoms with van der Waals surface area (Å²) in [5.74, 6) is 0. The SMILES string of the molecule is O=P(=O)c1cccc2c1=c1ccccc1=2. The van der Waals surface area contributed by atoms with Crippen LogP contribution < -0.4 is 5.30 Å². The number of benzene rings is 2. The van der Waals surface area contributed by atoms with Crippen molar-refractivity contribution in [2.24, 2.45) is 0 Å². The number of rotatable bonds is 1. The summed E-state index contributed by atoms with van der Waals surface area (Å²) in [6.45, 7) is 0. The zero-order valence-corrected chi connectivity index (χ0v) is 8.70. The quantitative estimate of drug-likeness (QED) is 0.583. The third-order valence-electron chi connectivity index (χ3n) is 2.73. The summed E-state index contributed by atoms with van der Waals surface area (Å²) in [7, 11) is -2.51. The highest BCUT2D eigenvalue weighted by Crippen LogP contribution is 2.15. The van der Waals surface area contributed by atoms with E-state index >= 15 is 0 Å². The van der Waals surface area contributed by atoms with Crippen molar-refractivity contribution in [1.29, 1.82) is 0 Å². The molecule has 0 fully saturated rings. The molecule has 3 rings (SSSR count). The van der Waals surface area contributed by atoms with Crippen molar-refractivity contribution in [3.63, 3.8) is 0 Å². The molecule has 0 aliphatic heterocycles. The van der Waals surface area contributed by atoms with Gasteiger partial charge in [0.1, 0.15) is 0 Å². The van der Waals surface area contributed by atoms with Gasteiger partial charge in [-0.1, -0.05) is 36.4 Å². The number of hydrogen-bond donors (Lipinski definition) is 0. The van der Waals surface area contributed by atoms with Gasteiger partial charge in [0.25, 0.3) is 0 Å². The van der Waals surface area contributed by atoms with Crippen molar-refractivity contribution >= 4 is 13.0 Å². The van der Waals surface area contributed by atoms with E-state index in [9.17, 15) is 9.13 Å². The minimum Gasteiger partial charge on any atom is -0.232 e. The molecule has 1 aliphatic rings. The Labute approximate surface area is 86.0 Å². The van der Waals surface area contributed by atoms with Crippen LogP contribution in [-0.4, -0.2) is 0 Å². The molecule has 0 heterocycles. The van der Waals surface area contributed by atoms with Gasteiger partial charge in [-0.25, -0.2) is 9.13 Å². The van der Waals surface area contributed by atoms with E-state index in [4.69, 9.17) is 0 Å². The zero-order valence-electron chi connectivity index (χ0n) is 7.81. The molecule has 0 amide bonds. The van der Waals surface area contributed by atoms with E-state index in [1.165, 1.54) is 0 Å². The van der Waals surface area contributed by atoms with Crippen LogP contribution in [0, 0.1) is 20.9 Å². The summed E-state index contributed by atoms with van der Waals surface area (Å²) < 4.78 is 22.1. The molecule has 0 bridgehead atoms. The fraction of sp³-hybridized carbons (Fsp3) is 0. The first-order chi connectivity index (χ1) is 7.29. The fourth-order valence-corrected chi connectivity index (χ4v) is 2.70. The van der Waals surface area contributed by atoms with Crippen molar-refractivity contribution in [2.75, 3.05) is 0 Å². The summed E-state index contributed by atoms with van der Waals surface area (Å²) in [6.07, 6.45) is 0. The van der Waals surface area contributed by atoms with E-state index in [0.29, 0.717) is 5.30 Å². The first kappa shape index (κ1) is 8.63. The van der Waals surface area contributed by atoms with Crippen molar-refractivity contribution in [3.8, 4) is 0 Å². The Kier molecular flexibility index (Phi) is 1.68. The summed E-state index contributed by atoms with van der Waals surface area (Å²) >= 11 is 0. The minimum atomic E-state index is -2.51. The average molecular weight is 214 g/mol. The monoisotopic (exact) mass is 214 g/mol. The molecule has 0 aromatic heterocycles. The van der Waals surface area contributed by atoms with Crippen LogP contribution in [-0.2, 0) is 9.13 Å². The first-order valence-electron chi connectivity index (χ1n) is 4.66. The third kappa shape index (κ3) is 1.06. The van der Waals surface area contributed by atoms with Gasteiger partial charge in [0.2, 0.25) is 0 Å². The lowest BCUT2D eigenvalue weighted by molar-refractivity contribution is 0.523. The van der Waals surface area contributed by atoms with Crippen LogP contribution in [0.4, 0.5) is 0 Å². The van der Waals surface area contributed by atoms with Gasteiger partial charge in [0.15, 0.2) is 0 Å². The van der Waals surface area contributed by atoms with Crippen molar-refractivity contribution in [2.45, 2.75) is 0 Å². The largest absolute Gasteiger partial charge is 0.349 e. The van der Waals surface area contributed by atoms with Gasteiger partial charge in [-0.2, -0.15) is 0 Å². The standard InChI is InChI=1S/C12H7O2P/c13-15(14)11-7-3-6-10-8-4-1-2-5-9(8)12(10)11/h1-7H. The molecule has 0 radical (unpaired) electrons. The Morgan fingerprint density at radius 3 is 2.13 bits per heavy atom. The Morgan fingerprint density at radius 2 is 1.40 bits per heavy atom. The van der Waals surface area contributed by atoms with Crippen LogP contribution in [0.1, 0.15) is 0 Å². The minimum absolute atomic E-state index is 0.432. The molecule has 3 heteroatoms. The van der Waals surface area contributed by atoms with E-state index in [2.05, 4.69) is 0 Å². The molecule has 2 nitrogen and oxygen atoms in total. The van der Waals surface area contributed by atoms with Gasteiger partial charge in [-0.3, -0.25) is 0 Å². The highest BCUT2D eigenvalue weighted by Gasteiger charge is 2.08. The highest BCUT2D eigenvalue weighted by atomic mass is 31.1. The predicted octanol–water partition coefficient (Wildman–Crippen LogP) is 2.37. The molecule has 72 valence electrons. The molecule has 0 saturated heterocycles. The molecule has 0 N–H and O–H groups in total. The Morgan fingerprint density at radius 1 is 0.733 bits per heavy atom. The van der Waals surface area contributed by atoms with Crippen LogP contribution in [0.15, 0.2) is 42.5 Å². The molecule has 2 aromatic rings. The van der Waals surface area contributed by atoms with Gasteiger partial charge in [-0.05, 0) is 21.7 Å². The van der Waals surface area contributed by atoms with Crippen LogP contribution in [0.3, 0.4) is 0 Å². The molecule has 15 heavy (non-hydrogen) atoms. The average Bonchev–Trinajstić information content (AvgIpc) is 2.24. The number of hydrogen-bond acceptors (Lipinski definition) is 2. The van der Waals surface area contributed by atoms with Crippen LogP contribution >= 0.6 is 7.68 Å². The van der Waals surface area contributed by atoms with Gasteiger partial charge in [0.05, 0.1) is 5.30 Å². The third-order valence-corrected chi connectivity index (χ3v) is 3.49. The molecule has 2 aromatic carbocycles. The second-order valence-electron chi connectivity index (χ2n) is 3.50. The van der Waals surface area contributed by atoms with Gasteiger partial charge in [-0.15, -0.1) is 0 Å². The van der Waals surface area contributed by atoms with Crippen LogP contribution in [0.5, 0.6) is 0 Å². The maximum atomic E-state index is 11.1. The van der Waals surface area contributed by atoms with Crippen molar-refractivity contribution in [3.05, 3.63) is 63.3 Å². The lowest BCUT2D eigenvalue weighted by atomic mass is 10.0. The molecular formula is C12H7O2P. The molecule has 1 aliphatic carbocycles. The smallest absolute Gasteiger partial charge is 0.232 e. The van der Waals surface area contributed by atoms with E-state index < -0.39 is 7.68 Å². The second-order valence-corrected chi connectivity index (χ2v) is 4.50. The topological polar surface area (TPSA) is 34.1 Å². The van der Waals surface area contributed by atoms with E-state index in [1.807, 2.05) is 30.3 Å². The van der Waals surface area contributed by atoms with Crippen molar-refractivity contribution < 1.29 is 9.13 Å². The molecule has 0 spiro atoms. The molecule has 0 saturated carbocycles. The van der Waals surface area contributed by atoms with Crippen LogP contribution in [0.25, 0.3) is 0 Å². The number of fused-ring (bicyclic) bond motifs is 2. The maximum absolute atomic E-state index is 11.1. The second kappa shape index (κ2) is 2.91. The summed E-state index contributed by atoms with van der Waals surface area (Å²) in [6, 6.07) is 13.3. The van der Waals surface area contributed by atoms with Gasteiger partial charge >= 0.3 is 7.68 Å². The normalized spacial score (nSPS) is 11.2. The Bertz CT molecular complexity index is 796. The van der Waals surface area contributed by atoms with E-state index in [0.717, 1.165) is 20.9 Å². The Balaban J connectivity index is 2.66. The highest BCUT2D eigenvalue weighted by molar-refractivity contribution is 7.40. The first-order valence-corrected chi connectivity index (χ1v) is 5.84. The van der Waals surface area contributed by atoms with Gasteiger partial charge < -0.3 is 0 Å². The maximum Gasteiger partial charge on any atom is 0.349 e. The summed E-state index contributed by atoms with van der Waals surface area (Å²) in [5, 5.41) is 4.54. The lowest BCUT2D eigenvalue weighted by Crippen LogP contribution is -2.04. The summed E-state index contributed by atoms with van der Waals surface area (Å²) in [5.41, 5.74) is 0. The molecular weight excluding hydrogens is 207 g/mol. The lowest BCUT2D eigenvalue weighted by Gasteiger charge is -2.04. The van der Waals surface area contributed by atoms with E-state index in [-0.39, 0.29) is 0 Å². The predicted molar refractivity (Wildman–Crippen MR) is 56.2 cm³/mol. The molecule has 0 atom stereocenters. The Hall–Kier alpha value is -1.66. The summed E-state index contributed by atoms with van der Waals surface area (Å²) in [4.78, 5) is 0. The molecule has 0 unspecified atom stereocenters.